The van der Waals surface area contributed by atoms with Crippen LogP contribution >= 0.6 is 0 Å². The summed E-state index contributed by atoms with van der Waals surface area (Å²) in [5, 5.41) is 9.49. The molecular formula is C11H21N5. The molecule has 1 aromatic heterocycles. The minimum Gasteiger partial charge on any atom is -0.263 e. The molecule has 5 heteroatoms. The second-order valence-electron chi connectivity index (χ2n) is 4.45. The molecule has 5 nitrogen and oxygen atoms in total. The van der Waals surface area contributed by atoms with Gasteiger partial charge in [0.2, 0.25) is 0 Å². The zero-order valence-corrected chi connectivity index (χ0v) is 10.2. The third-order valence-corrected chi connectivity index (χ3v) is 3.06. The van der Waals surface area contributed by atoms with Gasteiger partial charge >= 0.3 is 0 Å². The van der Waals surface area contributed by atoms with Gasteiger partial charge in [-0.05, 0) is 26.2 Å². The third-order valence-electron chi connectivity index (χ3n) is 3.06. The van der Waals surface area contributed by atoms with Gasteiger partial charge in [0.15, 0.2) is 5.82 Å². The van der Waals surface area contributed by atoms with E-state index in [4.69, 9.17) is 0 Å². The number of hydrazine groups is 1. The van der Waals surface area contributed by atoms with Crippen LogP contribution in [0.15, 0.2) is 0 Å². The predicted molar refractivity (Wildman–Crippen MR) is 63.0 cm³/mol. The first kappa shape index (κ1) is 11.5. The fourth-order valence-corrected chi connectivity index (χ4v) is 2.11. The molecule has 1 fully saturated rings. The molecule has 0 saturated carbocycles. The summed E-state index contributed by atoms with van der Waals surface area (Å²) in [5.41, 5.74) is 3.43. The molecule has 1 aromatic rings. The number of hydrogen-bond acceptors (Lipinski definition) is 4. The Hall–Kier alpha value is -0.940. The monoisotopic (exact) mass is 223 g/mol. The van der Waals surface area contributed by atoms with E-state index in [2.05, 4.69) is 32.5 Å². The molecule has 2 N–H and O–H groups in total. The lowest BCUT2D eigenvalue weighted by Crippen LogP contribution is -2.43. The standard InChI is InChI=1S/C11H21N5/c1-3-6-12-16-7-4-10(5-8-16)11-13-9(2)14-15-11/h10,12H,3-8H2,1-2H3,(H,13,14,15). The Balaban J connectivity index is 1.81. The number of nitrogens with one attached hydrogen (secondary N) is 2. The van der Waals surface area contributed by atoms with Gasteiger partial charge in [0.05, 0.1) is 0 Å². The summed E-state index contributed by atoms with van der Waals surface area (Å²) < 4.78 is 0. The molecule has 90 valence electrons. The lowest BCUT2D eigenvalue weighted by molar-refractivity contribution is 0.142. The van der Waals surface area contributed by atoms with Gasteiger partial charge in [0.1, 0.15) is 5.82 Å². The molecule has 1 saturated heterocycles. The normalized spacial score (nSPS) is 19.1. The Labute approximate surface area is 96.6 Å². The van der Waals surface area contributed by atoms with Crippen LogP contribution in [-0.4, -0.2) is 39.8 Å². The summed E-state index contributed by atoms with van der Waals surface area (Å²) in [5.74, 6) is 2.44. The zero-order valence-electron chi connectivity index (χ0n) is 10.2. The first-order valence-corrected chi connectivity index (χ1v) is 6.17. The van der Waals surface area contributed by atoms with Crippen molar-refractivity contribution in [2.45, 2.75) is 39.0 Å². The fourth-order valence-electron chi connectivity index (χ4n) is 2.11. The fraction of sp³-hybridized carbons (Fsp3) is 0.818. The van der Waals surface area contributed by atoms with Crippen molar-refractivity contribution in [1.29, 1.82) is 0 Å². The van der Waals surface area contributed by atoms with E-state index in [0.29, 0.717) is 5.92 Å². The Bertz CT molecular complexity index is 314. The van der Waals surface area contributed by atoms with Gasteiger partial charge < -0.3 is 0 Å². The average Bonchev–Trinajstić information content (AvgIpc) is 2.74. The summed E-state index contributed by atoms with van der Waals surface area (Å²) in [7, 11) is 0. The molecule has 0 unspecified atom stereocenters. The van der Waals surface area contributed by atoms with Gasteiger partial charge in [-0.15, -0.1) is 0 Å². The number of piperidine rings is 1. The second-order valence-corrected chi connectivity index (χ2v) is 4.45. The van der Waals surface area contributed by atoms with Gasteiger partial charge in [-0.2, -0.15) is 5.10 Å². The van der Waals surface area contributed by atoms with Gasteiger partial charge in [0.25, 0.3) is 0 Å². The van der Waals surface area contributed by atoms with Crippen LogP contribution in [0, 0.1) is 6.92 Å². The van der Waals surface area contributed by atoms with Crippen LogP contribution in [0.2, 0.25) is 0 Å². The van der Waals surface area contributed by atoms with E-state index in [1.807, 2.05) is 6.92 Å². The summed E-state index contributed by atoms with van der Waals surface area (Å²) in [4.78, 5) is 4.42. The molecule has 0 aliphatic carbocycles. The van der Waals surface area contributed by atoms with Crippen molar-refractivity contribution in [3.05, 3.63) is 11.6 Å². The van der Waals surface area contributed by atoms with E-state index in [9.17, 15) is 0 Å². The SMILES string of the molecule is CCCNN1CCC(c2n[nH]c(C)n2)CC1. The highest BCUT2D eigenvalue weighted by Crippen LogP contribution is 2.24. The smallest absolute Gasteiger partial charge is 0.153 e. The first-order valence-electron chi connectivity index (χ1n) is 6.17. The van der Waals surface area contributed by atoms with Crippen molar-refractivity contribution in [2.75, 3.05) is 19.6 Å². The minimum atomic E-state index is 0.532. The van der Waals surface area contributed by atoms with Crippen LogP contribution in [0.4, 0.5) is 0 Å². The molecule has 2 rings (SSSR count). The number of H-pyrrole nitrogens is 1. The van der Waals surface area contributed by atoms with Crippen molar-refractivity contribution >= 4 is 0 Å². The average molecular weight is 223 g/mol. The molecule has 0 amide bonds. The molecule has 0 aromatic carbocycles. The van der Waals surface area contributed by atoms with Gasteiger partial charge in [-0.3, -0.25) is 10.5 Å². The number of aromatic amines is 1. The number of nitrogens with zero attached hydrogens (tertiary/aromatic N) is 3. The maximum absolute atomic E-state index is 4.42. The summed E-state index contributed by atoms with van der Waals surface area (Å²) in [6.07, 6.45) is 3.47. The van der Waals surface area contributed by atoms with E-state index in [1.54, 1.807) is 0 Å². The van der Waals surface area contributed by atoms with E-state index in [-0.39, 0.29) is 0 Å². The van der Waals surface area contributed by atoms with Crippen molar-refractivity contribution in [1.82, 2.24) is 25.6 Å². The molecule has 1 aliphatic rings. The molecule has 0 bridgehead atoms. The maximum atomic E-state index is 4.42. The van der Waals surface area contributed by atoms with Crippen molar-refractivity contribution in [3.63, 3.8) is 0 Å². The highest BCUT2D eigenvalue weighted by molar-refractivity contribution is 4.98. The van der Waals surface area contributed by atoms with Gasteiger partial charge in [0, 0.05) is 25.6 Å². The van der Waals surface area contributed by atoms with Crippen LogP contribution in [0.5, 0.6) is 0 Å². The maximum Gasteiger partial charge on any atom is 0.153 e. The quantitative estimate of drug-likeness (QED) is 0.805. The van der Waals surface area contributed by atoms with Crippen molar-refractivity contribution < 1.29 is 0 Å². The van der Waals surface area contributed by atoms with Crippen LogP contribution in [0.25, 0.3) is 0 Å². The number of hydrogen-bond donors (Lipinski definition) is 2. The molecule has 16 heavy (non-hydrogen) atoms. The largest absolute Gasteiger partial charge is 0.263 e. The Morgan fingerprint density at radius 3 is 2.75 bits per heavy atom. The lowest BCUT2D eigenvalue weighted by Gasteiger charge is -2.30. The molecule has 2 heterocycles. The van der Waals surface area contributed by atoms with Crippen LogP contribution in [-0.2, 0) is 0 Å². The minimum absolute atomic E-state index is 0.532. The first-order chi connectivity index (χ1) is 7.79. The summed E-state index contributed by atoms with van der Waals surface area (Å²) in [6, 6.07) is 0. The number of aromatic nitrogens is 3. The molecule has 0 atom stereocenters. The van der Waals surface area contributed by atoms with Crippen LogP contribution < -0.4 is 5.43 Å². The number of aryl methyl sites for hydroxylation is 1. The van der Waals surface area contributed by atoms with Gasteiger partial charge in [-0.25, -0.2) is 9.99 Å². The van der Waals surface area contributed by atoms with E-state index in [1.165, 1.54) is 6.42 Å². The Morgan fingerprint density at radius 2 is 2.19 bits per heavy atom. The van der Waals surface area contributed by atoms with Gasteiger partial charge in [-0.1, -0.05) is 6.92 Å². The predicted octanol–water partition coefficient (Wildman–Crippen LogP) is 1.21. The summed E-state index contributed by atoms with van der Waals surface area (Å²) in [6.45, 7) is 7.41. The van der Waals surface area contributed by atoms with E-state index >= 15 is 0 Å². The highest BCUT2D eigenvalue weighted by Gasteiger charge is 2.22. The highest BCUT2D eigenvalue weighted by atomic mass is 15.5. The van der Waals surface area contributed by atoms with E-state index in [0.717, 1.165) is 44.1 Å². The molecule has 0 radical (unpaired) electrons. The Morgan fingerprint density at radius 1 is 1.44 bits per heavy atom. The Kier molecular flexibility index (Phi) is 3.90. The van der Waals surface area contributed by atoms with Crippen LogP contribution in [0.1, 0.15) is 43.8 Å². The zero-order chi connectivity index (χ0) is 11.4. The topological polar surface area (TPSA) is 56.8 Å². The second kappa shape index (κ2) is 5.41. The molecule has 0 spiro atoms. The molecule has 1 aliphatic heterocycles. The number of rotatable bonds is 4. The van der Waals surface area contributed by atoms with Crippen molar-refractivity contribution in [3.8, 4) is 0 Å². The third kappa shape index (κ3) is 2.80. The van der Waals surface area contributed by atoms with E-state index < -0.39 is 0 Å². The molecular weight excluding hydrogens is 202 g/mol. The van der Waals surface area contributed by atoms with Crippen molar-refractivity contribution in [2.24, 2.45) is 0 Å². The van der Waals surface area contributed by atoms with Crippen LogP contribution in [0.3, 0.4) is 0 Å². The summed E-state index contributed by atoms with van der Waals surface area (Å²) >= 11 is 0. The lowest BCUT2D eigenvalue weighted by atomic mass is 9.97.